The number of nitrogens with one attached hydrogen (secondary N) is 1. The van der Waals surface area contributed by atoms with Gasteiger partial charge in [-0.05, 0) is 12.8 Å². The van der Waals surface area contributed by atoms with E-state index in [-0.39, 0.29) is 11.8 Å². The monoisotopic (exact) mass is 197 g/mol. The smallest absolute Gasteiger partial charge is 0.229 e. The molecule has 0 spiro atoms. The van der Waals surface area contributed by atoms with Crippen LogP contribution in [0.15, 0.2) is 12.4 Å². The first-order chi connectivity index (χ1) is 6.25. The van der Waals surface area contributed by atoms with Crippen LogP contribution < -0.4 is 5.32 Å². The molecule has 1 aliphatic rings. The van der Waals surface area contributed by atoms with E-state index in [1.54, 1.807) is 0 Å². The number of amides is 1. The number of hydrogen-bond acceptors (Lipinski definition) is 3. The molecule has 0 aromatic carbocycles. The Morgan fingerprint density at radius 2 is 2.08 bits per heavy atom. The second-order valence-electron chi connectivity index (χ2n) is 2.99. The van der Waals surface area contributed by atoms with Crippen molar-refractivity contribution < 1.29 is 4.79 Å². The summed E-state index contributed by atoms with van der Waals surface area (Å²) >= 11 is 5.59. The maximum absolute atomic E-state index is 11.2. The quantitative estimate of drug-likeness (QED) is 0.782. The standard InChI is InChI=1S/C8H8ClN3O/c9-6-3-10-8(11-4-6)12-7(13)5-1-2-5/h3-5H,1-2H2,(H,10,11,12,13). The van der Waals surface area contributed by atoms with Crippen molar-refractivity contribution in [2.45, 2.75) is 12.8 Å². The minimum absolute atomic E-state index is 0.00215. The lowest BCUT2D eigenvalue weighted by Gasteiger charge is -2.00. The average molecular weight is 198 g/mol. The third-order valence-corrected chi connectivity index (χ3v) is 2.00. The van der Waals surface area contributed by atoms with Crippen molar-refractivity contribution in [1.29, 1.82) is 0 Å². The van der Waals surface area contributed by atoms with Crippen LogP contribution in [0.5, 0.6) is 0 Å². The fraction of sp³-hybridized carbons (Fsp3) is 0.375. The zero-order chi connectivity index (χ0) is 9.26. The third kappa shape index (κ3) is 2.15. The SMILES string of the molecule is O=C(Nc1ncc(Cl)cn1)C1CC1. The van der Waals surface area contributed by atoms with Gasteiger partial charge in [0.05, 0.1) is 17.4 Å². The van der Waals surface area contributed by atoms with E-state index < -0.39 is 0 Å². The van der Waals surface area contributed by atoms with Crippen LogP contribution in [0.25, 0.3) is 0 Å². The number of hydrogen-bond donors (Lipinski definition) is 1. The number of rotatable bonds is 2. The number of halogens is 1. The highest BCUT2D eigenvalue weighted by atomic mass is 35.5. The van der Waals surface area contributed by atoms with Gasteiger partial charge in [0.15, 0.2) is 0 Å². The topological polar surface area (TPSA) is 54.9 Å². The van der Waals surface area contributed by atoms with Gasteiger partial charge < -0.3 is 0 Å². The molecular weight excluding hydrogens is 190 g/mol. The predicted molar refractivity (Wildman–Crippen MR) is 48.4 cm³/mol. The predicted octanol–water partition coefficient (Wildman–Crippen LogP) is 1.48. The van der Waals surface area contributed by atoms with Gasteiger partial charge in [-0.25, -0.2) is 9.97 Å². The summed E-state index contributed by atoms with van der Waals surface area (Å²) in [6.45, 7) is 0. The molecule has 0 radical (unpaired) electrons. The Bertz CT molecular complexity index is 321. The minimum atomic E-state index is 0.00215. The molecule has 1 saturated carbocycles. The summed E-state index contributed by atoms with van der Waals surface area (Å²) in [7, 11) is 0. The molecule has 68 valence electrons. The second kappa shape index (κ2) is 3.30. The Labute approximate surface area is 80.3 Å². The Hall–Kier alpha value is -1.16. The van der Waals surface area contributed by atoms with Crippen molar-refractivity contribution in [3.63, 3.8) is 0 Å². The van der Waals surface area contributed by atoms with Crippen LogP contribution >= 0.6 is 11.6 Å². The van der Waals surface area contributed by atoms with Gasteiger partial charge in [-0.2, -0.15) is 0 Å². The van der Waals surface area contributed by atoms with E-state index in [4.69, 9.17) is 11.6 Å². The molecule has 0 atom stereocenters. The molecule has 1 fully saturated rings. The molecule has 4 nitrogen and oxygen atoms in total. The van der Waals surface area contributed by atoms with Crippen molar-refractivity contribution in [2.24, 2.45) is 5.92 Å². The highest BCUT2D eigenvalue weighted by Crippen LogP contribution is 2.29. The van der Waals surface area contributed by atoms with Gasteiger partial charge in [0, 0.05) is 5.92 Å². The lowest BCUT2D eigenvalue weighted by Crippen LogP contribution is -2.15. The maximum atomic E-state index is 11.2. The molecule has 1 aromatic rings. The summed E-state index contributed by atoms with van der Waals surface area (Å²) in [5, 5.41) is 3.07. The number of aromatic nitrogens is 2. The summed E-state index contributed by atoms with van der Waals surface area (Å²) in [5.41, 5.74) is 0. The van der Waals surface area contributed by atoms with E-state index >= 15 is 0 Å². The Balaban J connectivity index is 2.00. The van der Waals surface area contributed by atoms with Gasteiger partial charge >= 0.3 is 0 Å². The van der Waals surface area contributed by atoms with Crippen molar-refractivity contribution in [2.75, 3.05) is 5.32 Å². The van der Waals surface area contributed by atoms with Crippen LogP contribution in [-0.2, 0) is 4.79 Å². The Morgan fingerprint density at radius 1 is 1.46 bits per heavy atom. The van der Waals surface area contributed by atoms with Crippen LogP contribution in [-0.4, -0.2) is 15.9 Å². The van der Waals surface area contributed by atoms with Gasteiger partial charge in [0.2, 0.25) is 11.9 Å². The summed E-state index contributed by atoms with van der Waals surface area (Å²) in [6, 6.07) is 0. The fourth-order valence-corrected chi connectivity index (χ4v) is 1.03. The molecule has 1 amide bonds. The molecule has 0 saturated heterocycles. The second-order valence-corrected chi connectivity index (χ2v) is 3.42. The Morgan fingerprint density at radius 3 is 2.62 bits per heavy atom. The number of carbonyl (C=O) groups excluding carboxylic acids is 1. The molecule has 1 N–H and O–H groups in total. The molecule has 1 heterocycles. The van der Waals surface area contributed by atoms with E-state index in [1.807, 2.05) is 0 Å². The van der Waals surface area contributed by atoms with Crippen molar-refractivity contribution >= 4 is 23.5 Å². The molecule has 0 aliphatic heterocycles. The van der Waals surface area contributed by atoms with Gasteiger partial charge in [0.25, 0.3) is 0 Å². The summed E-state index contributed by atoms with van der Waals surface area (Å²) in [5.74, 6) is 0.489. The average Bonchev–Trinajstić information content (AvgIpc) is 2.91. The molecule has 0 bridgehead atoms. The Kier molecular flexibility index (Phi) is 2.14. The van der Waals surface area contributed by atoms with E-state index in [2.05, 4.69) is 15.3 Å². The van der Waals surface area contributed by atoms with Crippen molar-refractivity contribution in [3.05, 3.63) is 17.4 Å². The molecule has 2 rings (SSSR count). The van der Waals surface area contributed by atoms with Crippen LogP contribution in [0.2, 0.25) is 5.02 Å². The van der Waals surface area contributed by atoms with Gasteiger partial charge in [-0.3, -0.25) is 10.1 Å². The molecular formula is C8H8ClN3O. The zero-order valence-corrected chi connectivity index (χ0v) is 7.58. The van der Waals surface area contributed by atoms with Gasteiger partial charge in [-0.15, -0.1) is 0 Å². The van der Waals surface area contributed by atoms with Gasteiger partial charge in [-0.1, -0.05) is 11.6 Å². The molecule has 0 unspecified atom stereocenters. The van der Waals surface area contributed by atoms with Crippen LogP contribution in [0.3, 0.4) is 0 Å². The summed E-state index contributed by atoms with van der Waals surface area (Å²) < 4.78 is 0. The normalized spacial score (nSPS) is 15.5. The van der Waals surface area contributed by atoms with E-state index in [9.17, 15) is 4.79 Å². The zero-order valence-electron chi connectivity index (χ0n) is 6.83. The van der Waals surface area contributed by atoms with Crippen molar-refractivity contribution in [3.8, 4) is 0 Å². The van der Waals surface area contributed by atoms with Gasteiger partial charge in [0.1, 0.15) is 0 Å². The third-order valence-electron chi connectivity index (χ3n) is 1.80. The van der Waals surface area contributed by atoms with E-state index in [0.29, 0.717) is 11.0 Å². The maximum Gasteiger partial charge on any atom is 0.229 e. The van der Waals surface area contributed by atoms with Crippen LogP contribution in [0, 0.1) is 5.92 Å². The number of nitrogens with zero attached hydrogens (tertiary/aromatic N) is 2. The van der Waals surface area contributed by atoms with Crippen molar-refractivity contribution in [1.82, 2.24) is 9.97 Å². The highest BCUT2D eigenvalue weighted by Gasteiger charge is 2.29. The lowest BCUT2D eigenvalue weighted by molar-refractivity contribution is -0.117. The van der Waals surface area contributed by atoms with E-state index in [1.165, 1.54) is 12.4 Å². The lowest BCUT2D eigenvalue weighted by atomic mass is 10.4. The summed E-state index contributed by atoms with van der Waals surface area (Å²) in [6.07, 6.45) is 4.85. The van der Waals surface area contributed by atoms with Crippen LogP contribution in [0.4, 0.5) is 5.95 Å². The van der Waals surface area contributed by atoms with E-state index in [0.717, 1.165) is 12.8 Å². The molecule has 13 heavy (non-hydrogen) atoms. The minimum Gasteiger partial charge on any atom is -0.294 e. The highest BCUT2D eigenvalue weighted by molar-refractivity contribution is 6.30. The number of carbonyl (C=O) groups is 1. The number of anilines is 1. The molecule has 1 aromatic heterocycles. The fourth-order valence-electron chi connectivity index (χ4n) is 0.935. The molecule has 5 heteroatoms. The first-order valence-corrected chi connectivity index (χ1v) is 4.42. The largest absolute Gasteiger partial charge is 0.294 e. The summed E-state index contributed by atoms with van der Waals surface area (Å²) in [4.78, 5) is 18.9. The first-order valence-electron chi connectivity index (χ1n) is 4.04. The first kappa shape index (κ1) is 8.44. The molecule has 1 aliphatic carbocycles. The van der Waals surface area contributed by atoms with Crippen LogP contribution in [0.1, 0.15) is 12.8 Å².